The molecule has 0 atom stereocenters. The zero-order valence-electron chi connectivity index (χ0n) is 16.8. The fourth-order valence-corrected chi connectivity index (χ4v) is 3.41. The van der Waals surface area contributed by atoms with Gasteiger partial charge in [-0.25, -0.2) is 5.43 Å². The van der Waals surface area contributed by atoms with E-state index in [4.69, 9.17) is 44.3 Å². The molecule has 0 saturated carbocycles. The summed E-state index contributed by atoms with van der Waals surface area (Å²) < 4.78 is 11.2. The van der Waals surface area contributed by atoms with Gasteiger partial charge in [0.25, 0.3) is 5.91 Å². The third-order valence-corrected chi connectivity index (χ3v) is 5.20. The van der Waals surface area contributed by atoms with Crippen LogP contribution >= 0.6 is 34.8 Å². The van der Waals surface area contributed by atoms with E-state index in [-0.39, 0.29) is 12.5 Å². The monoisotopic (exact) mass is 476 g/mol. The Labute approximate surface area is 195 Å². The van der Waals surface area contributed by atoms with Crippen LogP contribution in [0.25, 0.3) is 0 Å². The maximum atomic E-state index is 12.1. The molecule has 0 spiro atoms. The number of carbonyl (C=O) groups is 1. The zero-order chi connectivity index (χ0) is 22.4. The number of nitrogens with zero attached hydrogens (tertiary/aromatic N) is 1. The summed E-state index contributed by atoms with van der Waals surface area (Å²) in [6.07, 6.45) is 1.47. The number of amides is 1. The Hall–Kier alpha value is -2.73. The first-order valence-electron chi connectivity index (χ1n) is 9.21. The molecule has 0 aliphatic rings. The first-order valence-corrected chi connectivity index (χ1v) is 10.3. The molecule has 0 aromatic heterocycles. The zero-order valence-corrected chi connectivity index (χ0v) is 19.1. The van der Waals surface area contributed by atoms with E-state index < -0.39 is 0 Å². The molecule has 31 heavy (non-hydrogen) atoms. The molecule has 0 heterocycles. The van der Waals surface area contributed by atoms with E-state index in [1.54, 1.807) is 42.5 Å². The lowest BCUT2D eigenvalue weighted by molar-refractivity contribution is 0.0955. The molecule has 0 aliphatic heterocycles. The van der Waals surface area contributed by atoms with Crippen LogP contribution in [0.15, 0.2) is 59.7 Å². The number of hydrazone groups is 1. The van der Waals surface area contributed by atoms with Crippen molar-refractivity contribution in [1.82, 2.24) is 5.43 Å². The third-order valence-electron chi connectivity index (χ3n) is 4.33. The Kier molecular flexibility index (Phi) is 7.80. The highest BCUT2D eigenvalue weighted by molar-refractivity contribution is 6.35. The van der Waals surface area contributed by atoms with Crippen LogP contribution in [0.2, 0.25) is 15.1 Å². The molecule has 5 nitrogen and oxygen atoms in total. The highest BCUT2D eigenvalue weighted by Crippen LogP contribution is 2.37. The van der Waals surface area contributed by atoms with Crippen molar-refractivity contribution in [3.8, 4) is 11.5 Å². The molecule has 0 saturated heterocycles. The molecule has 0 bridgehead atoms. The van der Waals surface area contributed by atoms with Crippen LogP contribution in [-0.4, -0.2) is 19.2 Å². The van der Waals surface area contributed by atoms with Crippen molar-refractivity contribution in [3.63, 3.8) is 0 Å². The van der Waals surface area contributed by atoms with Gasteiger partial charge in [-0.1, -0.05) is 58.6 Å². The van der Waals surface area contributed by atoms with E-state index in [1.165, 1.54) is 13.3 Å². The molecule has 3 rings (SSSR count). The first kappa shape index (κ1) is 22.9. The second-order valence-electron chi connectivity index (χ2n) is 6.62. The normalized spacial score (nSPS) is 10.9. The lowest BCUT2D eigenvalue weighted by Gasteiger charge is -2.14. The van der Waals surface area contributed by atoms with Crippen LogP contribution in [0.5, 0.6) is 11.5 Å². The summed E-state index contributed by atoms with van der Waals surface area (Å²) >= 11 is 18.5. The van der Waals surface area contributed by atoms with Crippen LogP contribution in [0.4, 0.5) is 0 Å². The fourth-order valence-electron chi connectivity index (χ4n) is 2.68. The Bertz CT molecular complexity index is 1120. The van der Waals surface area contributed by atoms with Crippen molar-refractivity contribution in [2.45, 2.75) is 13.5 Å². The second-order valence-corrected chi connectivity index (χ2v) is 7.87. The predicted octanol–water partition coefficient (Wildman–Crippen LogP) is 6.31. The quantitative estimate of drug-likeness (QED) is 0.320. The average Bonchev–Trinajstić information content (AvgIpc) is 2.74. The van der Waals surface area contributed by atoms with Crippen LogP contribution in [0.3, 0.4) is 0 Å². The second kappa shape index (κ2) is 10.5. The standard InChI is InChI=1S/C23H19Cl3N2O3/c1-14-3-5-16(6-4-14)23(29)28-27-12-15-9-20(26)22(21(10-15)30-2)31-13-17-7-8-18(24)11-19(17)25/h3-12H,13H2,1-2H3,(H,28,29)/b27-12-. The SMILES string of the molecule is COc1cc(/C=N\NC(=O)c2ccc(C)cc2)cc(Cl)c1OCc1ccc(Cl)cc1Cl. The molecule has 8 heteroatoms. The van der Waals surface area contributed by atoms with Crippen LogP contribution in [0.1, 0.15) is 27.0 Å². The minimum absolute atomic E-state index is 0.187. The Morgan fingerprint density at radius 2 is 1.77 bits per heavy atom. The lowest BCUT2D eigenvalue weighted by atomic mass is 10.1. The van der Waals surface area contributed by atoms with Crippen LogP contribution in [-0.2, 0) is 6.61 Å². The fraction of sp³-hybridized carbons (Fsp3) is 0.130. The number of halogens is 3. The van der Waals surface area contributed by atoms with Gasteiger partial charge in [0.1, 0.15) is 6.61 Å². The molecular weight excluding hydrogens is 459 g/mol. The van der Waals surface area contributed by atoms with E-state index in [2.05, 4.69) is 10.5 Å². The average molecular weight is 478 g/mol. The summed E-state index contributed by atoms with van der Waals surface area (Å²) in [5.41, 5.74) is 5.46. The summed E-state index contributed by atoms with van der Waals surface area (Å²) in [7, 11) is 1.51. The summed E-state index contributed by atoms with van der Waals surface area (Å²) in [5, 5.41) is 5.36. The van der Waals surface area contributed by atoms with Crippen molar-refractivity contribution in [1.29, 1.82) is 0 Å². The van der Waals surface area contributed by atoms with E-state index in [1.807, 2.05) is 19.1 Å². The number of nitrogens with one attached hydrogen (secondary N) is 1. The van der Waals surface area contributed by atoms with Crippen molar-refractivity contribution in [2.75, 3.05) is 7.11 Å². The molecule has 1 amide bonds. The molecule has 0 radical (unpaired) electrons. The van der Waals surface area contributed by atoms with Crippen molar-refractivity contribution in [3.05, 3.63) is 91.9 Å². The first-order chi connectivity index (χ1) is 14.9. The Morgan fingerprint density at radius 1 is 1.03 bits per heavy atom. The van der Waals surface area contributed by atoms with Crippen LogP contribution < -0.4 is 14.9 Å². The minimum atomic E-state index is -0.311. The van der Waals surface area contributed by atoms with Crippen molar-refractivity contribution >= 4 is 46.9 Å². The summed E-state index contributed by atoms with van der Waals surface area (Å²) in [5.74, 6) is 0.481. The highest BCUT2D eigenvalue weighted by Gasteiger charge is 2.13. The number of aryl methyl sites for hydroxylation is 1. The van der Waals surface area contributed by atoms with Gasteiger partial charge in [-0.05, 0) is 48.9 Å². The maximum Gasteiger partial charge on any atom is 0.271 e. The summed E-state index contributed by atoms with van der Waals surface area (Å²) in [6.45, 7) is 2.14. The number of benzene rings is 3. The highest BCUT2D eigenvalue weighted by atomic mass is 35.5. The Balaban J connectivity index is 1.70. The van der Waals surface area contributed by atoms with Crippen molar-refractivity contribution in [2.24, 2.45) is 5.10 Å². The van der Waals surface area contributed by atoms with Crippen molar-refractivity contribution < 1.29 is 14.3 Å². The molecule has 3 aromatic rings. The smallest absolute Gasteiger partial charge is 0.271 e. The third kappa shape index (κ3) is 6.14. The van der Waals surface area contributed by atoms with E-state index in [9.17, 15) is 4.79 Å². The van der Waals surface area contributed by atoms with Gasteiger partial charge in [0.15, 0.2) is 11.5 Å². The van der Waals surface area contributed by atoms with Gasteiger partial charge < -0.3 is 9.47 Å². The maximum absolute atomic E-state index is 12.1. The molecule has 0 aliphatic carbocycles. The molecule has 0 unspecified atom stereocenters. The molecule has 160 valence electrons. The van der Waals surface area contributed by atoms with E-state index in [0.29, 0.717) is 37.7 Å². The topological polar surface area (TPSA) is 59.9 Å². The number of carbonyl (C=O) groups excluding carboxylic acids is 1. The van der Waals surface area contributed by atoms with Gasteiger partial charge in [-0.2, -0.15) is 5.10 Å². The van der Waals surface area contributed by atoms with Crippen LogP contribution in [0, 0.1) is 6.92 Å². The number of ether oxygens (including phenoxy) is 2. The van der Waals surface area contributed by atoms with Gasteiger partial charge in [0, 0.05) is 21.2 Å². The molecule has 0 fully saturated rings. The number of hydrogen-bond donors (Lipinski definition) is 1. The largest absolute Gasteiger partial charge is 0.493 e. The molecule has 3 aromatic carbocycles. The molecular formula is C23H19Cl3N2O3. The van der Waals surface area contributed by atoms with E-state index >= 15 is 0 Å². The number of methoxy groups -OCH3 is 1. The minimum Gasteiger partial charge on any atom is -0.493 e. The summed E-state index contributed by atoms with van der Waals surface area (Å²) in [6, 6.07) is 15.7. The Morgan fingerprint density at radius 3 is 2.45 bits per heavy atom. The van der Waals surface area contributed by atoms with Gasteiger partial charge >= 0.3 is 0 Å². The van der Waals surface area contributed by atoms with E-state index in [0.717, 1.165) is 11.1 Å². The summed E-state index contributed by atoms with van der Waals surface area (Å²) in [4.78, 5) is 12.1. The number of hydrogen-bond acceptors (Lipinski definition) is 4. The van der Waals surface area contributed by atoms with Gasteiger partial charge in [0.2, 0.25) is 0 Å². The predicted molar refractivity (Wildman–Crippen MR) is 125 cm³/mol. The lowest BCUT2D eigenvalue weighted by Crippen LogP contribution is -2.17. The number of rotatable bonds is 7. The van der Waals surface area contributed by atoms with Gasteiger partial charge in [0.05, 0.1) is 18.3 Å². The van der Waals surface area contributed by atoms with Gasteiger partial charge in [-0.15, -0.1) is 0 Å². The van der Waals surface area contributed by atoms with Gasteiger partial charge in [-0.3, -0.25) is 4.79 Å². The molecule has 1 N–H and O–H groups in total.